The van der Waals surface area contributed by atoms with Crippen molar-refractivity contribution in [1.82, 2.24) is 4.90 Å². The number of morpholine rings is 1. The fraction of sp³-hybridized carbons (Fsp3) is 0.524. The third kappa shape index (κ3) is 3.98. The van der Waals surface area contributed by atoms with Gasteiger partial charge in [0.2, 0.25) is 0 Å². The van der Waals surface area contributed by atoms with Crippen LogP contribution in [0.4, 0.5) is 4.79 Å². The molecule has 2 bridgehead atoms. The number of ketones is 1. The van der Waals surface area contributed by atoms with E-state index in [4.69, 9.17) is 9.47 Å². The molecule has 140 valence electrons. The summed E-state index contributed by atoms with van der Waals surface area (Å²) in [5.41, 5.74) is 1.17. The van der Waals surface area contributed by atoms with Gasteiger partial charge in [-0.2, -0.15) is 0 Å². The minimum atomic E-state index is -0.536. The minimum absolute atomic E-state index is 0.0952. The number of benzene rings is 1. The predicted octanol–water partition coefficient (Wildman–Crippen LogP) is 3.93. The number of carbonyl (C=O) groups is 2. The van der Waals surface area contributed by atoms with Crippen LogP contribution >= 0.6 is 0 Å². The highest BCUT2D eigenvalue weighted by molar-refractivity contribution is 5.98. The molecule has 1 amide bonds. The van der Waals surface area contributed by atoms with Gasteiger partial charge in [0, 0.05) is 11.5 Å². The monoisotopic (exact) mass is 357 g/mol. The summed E-state index contributed by atoms with van der Waals surface area (Å²) in [5, 5.41) is 0. The highest BCUT2D eigenvalue weighted by atomic mass is 16.6. The van der Waals surface area contributed by atoms with Gasteiger partial charge in [-0.1, -0.05) is 36.9 Å². The lowest BCUT2D eigenvalue weighted by atomic mass is 9.81. The van der Waals surface area contributed by atoms with Gasteiger partial charge in [-0.3, -0.25) is 9.69 Å². The van der Waals surface area contributed by atoms with E-state index < -0.39 is 5.60 Å². The first-order chi connectivity index (χ1) is 12.3. The Kier molecular flexibility index (Phi) is 5.19. The van der Waals surface area contributed by atoms with Crippen LogP contribution in [0.25, 0.3) is 6.08 Å². The fourth-order valence-electron chi connectivity index (χ4n) is 3.76. The summed E-state index contributed by atoms with van der Waals surface area (Å²) in [5.74, 6) is 0.0449. The molecule has 2 fully saturated rings. The Hall–Kier alpha value is -2.14. The van der Waals surface area contributed by atoms with Gasteiger partial charge in [-0.25, -0.2) is 4.79 Å². The SMILES string of the molecule is C=Cc1ccc(C(=O)C2CC3COCC(C2)N3C(=O)OC(C)(C)C)cc1. The van der Waals surface area contributed by atoms with E-state index in [1.165, 1.54) is 0 Å². The summed E-state index contributed by atoms with van der Waals surface area (Å²) >= 11 is 0. The summed E-state index contributed by atoms with van der Waals surface area (Å²) < 4.78 is 11.2. The van der Waals surface area contributed by atoms with Crippen LogP contribution in [0.15, 0.2) is 30.8 Å². The van der Waals surface area contributed by atoms with Gasteiger partial charge < -0.3 is 9.47 Å². The Balaban J connectivity index is 1.73. The first kappa shape index (κ1) is 18.6. The molecule has 2 saturated heterocycles. The number of hydrogen-bond donors (Lipinski definition) is 0. The zero-order valence-corrected chi connectivity index (χ0v) is 15.7. The Bertz CT molecular complexity index is 675. The Morgan fingerprint density at radius 3 is 2.23 bits per heavy atom. The lowest BCUT2D eigenvalue weighted by Gasteiger charge is -2.47. The van der Waals surface area contributed by atoms with E-state index in [2.05, 4.69) is 6.58 Å². The smallest absolute Gasteiger partial charge is 0.410 e. The molecule has 0 aromatic heterocycles. The van der Waals surface area contributed by atoms with Gasteiger partial charge in [0.25, 0.3) is 0 Å². The molecular formula is C21H27NO4. The number of piperidine rings is 1. The molecule has 1 aromatic carbocycles. The molecule has 2 heterocycles. The third-order valence-corrected chi connectivity index (χ3v) is 4.93. The van der Waals surface area contributed by atoms with Crippen LogP contribution in [-0.4, -0.2) is 47.7 Å². The Labute approximate surface area is 155 Å². The zero-order chi connectivity index (χ0) is 18.9. The molecule has 0 saturated carbocycles. The van der Waals surface area contributed by atoms with Gasteiger partial charge >= 0.3 is 6.09 Å². The van der Waals surface area contributed by atoms with Gasteiger partial charge in [0.1, 0.15) is 5.60 Å². The van der Waals surface area contributed by atoms with Crippen LogP contribution in [0.2, 0.25) is 0 Å². The average Bonchev–Trinajstić information content (AvgIpc) is 2.58. The number of hydrogen-bond acceptors (Lipinski definition) is 4. The molecule has 2 atom stereocenters. The first-order valence-electron chi connectivity index (χ1n) is 9.14. The minimum Gasteiger partial charge on any atom is -0.444 e. The molecule has 0 aliphatic carbocycles. The Morgan fingerprint density at radius 1 is 1.15 bits per heavy atom. The van der Waals surface area contributed by atoms with Gasteiger partial charge in [-0.05, 0) is 39.2 Å². The predicted molar refractivity (Wildman–Crippen MR) is 100 cm³/mol. The second-order valence-corrected chi connectivity index (χ2v) is 8.09. The molecule has 2 aliphatic heterocycles. The van der Waals surface area contributed by atoms with Crippen molar-refractivity contribution in [1.29, 1.82) is 0 Å². The van der Waals surface area contributed by atoms with Crippen molar-refractivity contribution in [3.63, 3.8) is 0 Å². The molecule has 5 heteroatoms. The fourth-order valence-corrected chi connectivity index (χ4v) is 3.76. The number of Topliss-reactive ketones (excluding diaryl/α,β-unsaturated/α-hetero) is 1. The van der Waals surface area contributed by atoms with Crippen molar-refractivity contribution >= 4 is 18.0 Å². The largest absolute Gasteiger partial charge is 0.444 e. The lowest BCUT2D eigenvalue weighted by molar-refractivity contribution is -0.0861. The van der Waals surface area contributed by atoms with Crippen LogP contribution < -0.4 is 0 Å². The molecule has 2 aliphatic rings. The standard InChI is InChI=1S/C21H27NO4/c1-5-14-6-8-15(9-7-14)19(23)16-10-17-12-25-13-18(11-16)22(17)20(24)26-21(2,3)4/h5-9,16-18H,1,10-13H2,2-4H3. The first-order valence-corrected chi connectivity index (χ1v) is 9.14. The van der Waals surface area contributed by atoms with Crippen molar-refractivity contribution in [2.75, 3.05) is 13.2 Å². The highest BCUT2D eigenvalue weighted by Crippen LogP contribution is 2.34. The average molecular weight is 357 g/mol. The number of rotatable bonds is 3. The van der Waals surface area contributed by atoms with Crippen LogP contribution in [0.3, 0.4) is 0 Å². The van der Waals surface area contributed by atoms with Crippen molar-refractivity contribution in [3.05, 3.63) is 42.0 Å². The van der Waals surface area contributed by atoms with E-state index in [9.17, 15) is 9.59 Å². The van der Waals surface area contributed by atoms with Crippen molar-refractivity contribution in [2.45, 2.75) is 51.3 Å². The summed E-state index contributed by atoms with van der Waals surface area (Å²) in [6.45, 7) is 10.2. The van der Waals surface area contributed by atoms with Crippen LogP contribution in [-0.2, 0) is 9.47 Å². The molecule has 0 radical (unpaired) electrons. The van der Waals surface area contributed by atoms with Crippen molar-refractivity contribution in [3.8, 4) is 0 Å². The van der Waals surface area contributed by atoms with Gasteiger partial charge in [0.15, 0.2) is 5.78 Å². The van der Waals surface area contributed by atoms with E-state index >= 15 is 0 Å². The maximum absolute atomic E-state index is 12.9. The van der Waals surface area contributed by atoms with Crippen molar-refractivity contribution in [2.24, 2.45) is 5.92 Å². The van der Waals surface area contributed by atoms with E-state index in [1.54, 1.807) is 11.0 Å². The number of amides is 1. The third-order valence-electron chi connectivity index (χ3n) is 4.93. The molecule has 26 heavy (non-hydrogen) atoms. The lowest BCUT2D eigenvalue weighted by Crippen LogP contribution is -2.60. The maximum Gasteiger partial charge on any atom is 0.410 e. The van der Waals surface area contributed by atoms with Crippen molar-refractivity contribution < 1.29 is 19.1 Å². The molecule has 5 nitrogen and oxygen atoms in total. The number of ether oxygens (including phenoxy) is 2. The number of fused-ring (bicyclic) bond motifs is 2. The van der Waals surface area contributed by atoms with Gasteiger partial charge in [-0.15, -0.1) is 0 Å². The summed E-state index contributed by atoms with van der Waals surface area (Å²) in [7, 11) is 0. The van der Waals surface area contributed by atoms with Crippen LogP contribution in [0.5, 0.6) is 0 Å². The van der Waals surface area contributed by atoms with E-state index in [0.717, 1.165) is 5.56 Å². The summed E-state index contributed by atoms with van der Waals surface area (Å²) in [6, 6.07) is 7.29. The van der Waals surface area contributed by atoms with E-state index in [0.29, 0.717) is 31.6 Å². The van der Waals surface area contributed by atoms with E-state index in [-0.39, 0.29) is 29.9 Å². The normalized spacial score (nSPS) is 25.5. The second kappa shape index (κ2) is 7.23. The summed E-state index contributed by atoms with van der Waals surface area (Å²) in [4.78, 5) is 27.3. The molecule has 2 unspecified atom stereocenters. The molecule has 3 rings (SSSR count). The highest BCUT2D eigenvalue weighted by Gasteiger charge is 2.45. The van der Waals surface area contributed by atoms with E-state index in [1.807, 2.05) is 45.0 Å². The quantitative estimate of drug-likeness (QED) is 0.769. The van der Waals surface area contributed by atoms with Crippen LogP contribution in [0.1, 0.15) is 49.5 Å². The van der Waals surface area contributed by atoms with Crippen LogP contribution in [0, 0.1) is 5.92 Å². The molecule has 1 aromatic rings. The van der Waals surface area contributed by atoms with Gasteiger partial charge in [0.05, 0.1) is 25.3 Å². The maximum atomic E-state index is 12.9. The molecule has 0 spiro atoms. The summed E-state index contributed by atoms with van der Waals surface area (Å²) in [6.07, 6.45) is 2.67. The Morgan fingerprint density at radius 2 is 1.73 bits per heavy atom. The molecule has 0 N–H and O–H groups in total. The zero-order valence-electron chi connectivity index (χ0n) is 15.7. The second-order valence-electron chi connectivity index (χ2n) is 8.09. The topological polar surface area (TPSA) is 55.8 Å². The molecular weight excluding hydrogens is 330 g/mol. The number of carbonyl (C=O) groups excluding carboxylic acids is 2. The number of nitrogens with zero attached hydrogens (tertiary/aromatic N) is 1.